The van der Waals surface area contributed by atoms with Crippen LogP contribution in [0.5, 0.6) is 0 Å². The summed E-state index contributed by atoms with van der Waals surface area (Å²) in [6, 6.07) is 0. The number of ether oxygens (including phenoxy) is 1. The number of imidazole rings is 1. The minimum atomic E-state index is -0.0544. The Morgan fingerprint density at radius 3 is 2.95 bits per heavy atom. The molecule has 1 saturated heterocycles. The molecule has 1 amide bonds. The zero-order valence-electron chi connectivity index (χ0n) is 10.4. The summed E-state index contributed by atoms with van der Waals surface area (Å²) < 4.78 is 6.34. The van der Waals surface area contributed by atoms with Crippen molar-refractivity contribution in [3.63, 3.8) is 0 Å². The van der Waals surface area contributed by atoms with Gasteiger partial charge in [0, 0.05) is 13.1 Å². The van der Waals surface area contributed by atoms with Gasteiger partial charge in [-0.3, -0.25) is 4.79 Å². The van der Waals surface area contributed by atoms with E-state index >= 15 is 0 Å². The van der Waals surface area contributed by atoms with Gasteiger partial charge in [0.2, 0.25) is 0 Å². The Labute approximate surface area is 118 Å². The lowest BCUT2D eigenvalue weighted by atomic mass is 10.4. The fourth-order valence-corrected chi connectivity index (χ4v) is 2.43. The van der Waals surface area contributed by atoms with Crippen LogP contribution in [0.4, 0.5) is 0 Å². The fraction of sp³-hybridized carbons (Fsp3) is 0.385. The van der Waals surface area contributed by atoms with Crippen molar-refractivity contribution in [1.29, 1.82) is 0 Å². The van der Waals surface area contributed by atoms with Gasteiger partial charge < -0.3 is 14.6 Å². The first kappa shape index (κ1) is 12.6. The SMILES string of the molecule is O=C(c1nc2c([nH]1)=CC=C(Br)CC=2)N1CCOCC1. The van der Waals surface area contributed by atoms with Gasteiger partial charge in [0.15, 0.2) is 5.82 Å². The number of aromatic nitrogens is 2. The third-order valence-corrected chi connectivity index (χ3v) is 3.77. The van der Waals surface area contributed by atoms with Crippen LogP contribution in [0.15, 0.2) is 10.6 Å². The lowest BCUT2D eigenvalue weighted by molar-refractivity contribution is 0.0295. The molecule has 0 unspecified atom stereocenters. The van der Waals surface area contributed by atoms with Crippen molar-refractivity contribution in [3.05, 3.63) is 27.1 Å². The van der Waals surface area contributed by atoms with Crippen LogP contribution < -0.4 is 10.7 Å². The molecule has 1 aromatic heterocycles. The number of amides is 1. The van der Waals surface area contributed by atoms with Gasteiger partial charge in [0.05, 0.1) is 23.9 Å². The van der Waals surface area contributed by atoms with Crippen molar-refractivity contribution in [3.8, 4) is 0 Å². The molecule has 0 bridgehead atoms. The highest BCUT2D eigenvalue weighted by Gasteiger charge is 2.20. The average molecular weight is 324 g/mol. The number of halogens is 1. The summed E-state index contributed by atoms with van der Waals surface area (Å²) in [6.07, 6.45) is 6.71. The van der Waals surface area contributed by atoms with Gasteiger partial charge in [0.25, 0.3) is 5.91 Å². The monoisotopic (exact) mass is 323 g/mol. The molecule has 19 heavy (non-hydrogen) atoms. The van der Waals surface area contributed by atoms with Gasteiger partial charge in [-0.2, -0.15) is 0 Å². The first-order valence-corrected chi connectivity index (χ1v) is 7.03. The molecular formula is C13H14BrN3O2. The van der Waals surface area contributed by atoms with E-state index in [1.165, 1.54) is 0 Å². The lowest BCUT2D eigenvalue weighted by Gasteiger charge is -2.25. The minimum Gasteiger partial charge on any atom is -0.378 e. The van der Waals surface area contributed by atoms with Crippen LogP contribution in [-0.4, -0.2) is 47.1 Å². The maximum absolute atomic E-state index is 12.3. The molecule has 1 aromatic rings. The van der Waals surface area contributed by atoms with Gasteiger partial charge >= 0.3 is 0 Å². The van der Waals surface area contributed by atoms with Gasteiger partial charge in [0.1, 0.15) is 0 Å². The molecule has 3 rings (SSSR count). The second-order valence-electron chi connectivity index (χ2n) is 4.48. The summed E-state index contributed by atoms with van der Waals surface area (Å²) in [6.45, 7) is 2.45. The number of carbonyl (C=O) groups is 1. The largest absolute Gasteiger partial charge is 0.378 e. The zero-order chi connectivity index (χ0) is 13.2. The molecule has 5 nitrogen and oxygen atoms in total. The van der Waals surface area contributed by atoms with Crippen LogP contribution in [-0.2, 0) is 4.74 Å². The Morgan fingerprint density at radius 1 is 1.37 bits per heavy atom. The number of rotatable bonds is 1. The Balaban J connectivity index is 1.91. The van der Waals surface area contributed by atoms with Crippen molar-refractivity contribution in [2.24, 2.45) is 0 Å². The number of carbonyl (C=O) groups excluding carboxylic acids is 1. The number of fused-ring (bicyclic) bond motifs is 1. The normalized spacial score (nSPS) is 18.8. The van der Waals surface area contributed by atoms with Gasteiger partial charge in [-0.1, -0.05) is 22.0 Å². The highest BCUT2D eigenvalue weighted by molar-refractivity contribution is 9.11. The standard InChI is InChI=1S/C13H14BrN3O2/c14-9-1-3-10-11(4-2-9)16-12(15-10)13(18)17-5-7-19-8-6-17/h1,3-4H,2,5-8H2,(H,15,16). The van der Waals surface area contributed by atoms with Gasteiger partial charge in [-0.15, -0.1) is 0 Å². The second-order valence-corrected chi connectivity index (χ2v) is 5.50. The van der Waals surface area contributed by atoms with Crippen LogP contribution in [0.2, 0.25) is 0 Å². The average Bonchev–Trinajstić information content (AvgIpc) is 2.78. The predicted molar refractivity (Wildman–Crippen MR) is 75.1 cm³/mol. The Morgan fingerprint density at radius 2 is 2.16 bits per heavy atom. The first-order chi connectivity index (χ1) is 9.24. The van der Waals surface area contributed by atoms with Crippen molar-refractivity contribution >= 4 is 34.0 Å². The van der Waals surface area contributed by atoms with E-state index in [1.807, 2.05) is 18.2 Å². The number of aromatic amines is 1. The van der Waals surface area contributed by atoms with E-state index in [0.717, 1.165) is 21.6 Å². The smallest absolute Gasteiger partial charge is 0.289 e. The highest BCUT2D eigenvalue weighted by Crippen LogP contribution is 2.11. The van der Waals surface area contributed by atoms with Crippen molar-refractivity contribution in [1.82, 2.24) is 14.9 Å². The third-order valence-electron chi connectivity index (χ3n) is 3.18. The van der Waals surface area contributed by atoms with Crippen LogP contribution in [0.3, 0.4) is 0 Å². The molecule has 0 aromatic carbocycles. The number of hydrogen-bond donors (Lipinski definition) is 1. The third kappa shape index (κ3) is 2.64. The molecule has 1 aliphatic carbocycles. The van der Waals surface area contributed by atoms with Crippen molar-refractivity contribution in [2.45, 2.75) is 6.42 Å². The zero-order valence-corrected chi connectivity index (χ0v) is 11.9. The maximum Gasteiger partial charge on any atom is 0.289 e. The summed E-state index contributed by atoms with van der Waals surface area (Å²) in [5.74, 6) is 0.354. The van der Waals surface area contributed by atoms with E-state index in [9.17, 15) is 4.79 Å². The summed E-state index contributed by atoms with van der Waals surface area (Å²) in [4.78, 5) is 21.6. The molecule has 6 heteroatoms. The molecule has 0 radical (unpaired) electrons. The quantitative estimate of drug-likeness (QED) is 0.799. The van der Waals surface area contributed by atoms with E-state index in [-0.39, 0.29) is 5.91 Å². The summed E-state index contributed by atoms with van der Waals surface area (Å²) in [5, 5.41) is 1.72. The molecule has 2 aliphatic rings. The summed E-state index contributed by atoms with van der Waals surface area (Å²) >= 11 is 3.46. The number of nitrogens with one attached hydrogen (secondary N) is 1. The lowest BCUT2D eigenvalue weighted by Crippen LogP contribution is -2.41. The van der Waals surface area contributed by atoms with Gasteiger partial charge in [-0.05, 0) is 23.1 Å². The van der Waals surface area contributed by atoms with E-state index in [2.05, 4.69) is 25.9 Å². The number of hydrogen-bond acceptors (Lipinski definition) is 3. The van der Waals surface area contributed by atoms with Crippen LogP contribution in [0.25, 0.3) is 12.2 Å². The van der Waals surface area contributed by atoms with E-state index in [1.54, 1.807) is 4.90 Å². The first-order valence-electron chi connectivity index (χ1n) is 6.23. The molecule has 100 valence electrons. The predicted octanol–water partition coefficient (Wildman–Crippen LogP) is 0.126. The van der Waals surface area contributed by atoms with Crippen molar-refractivity contribution in [2.75, 3.05) is 26.3 Å². The second kappa shape index (κ2) is 5.30. The van der Waals surface area contributed by atoms with Crippen LogP contribution in [0.1, 0.15) is 17.0 Å². The Bertz CT molecular complexity index is 641. The molecule has 0 atom stereocenters. The molecule has 1 fully saturated rings. The topological polar surface area (TPSA) is 58.2 Å². The Hall–Kier alpha value is -1.40. The van der Waals surface area contributed by atoms with Crippen LogP contribution >= 0.6 is 15.9 Å². The molecular weight excluding hydrogens is 310 g/mol. The summed E-state index contributed by atoms with van der Waals surface area (Å²) in [7, 11) is 0. The maximum atomic E-state index is 12.3. The molecule has 2 heterocycles. The number of nitrogens with zero attached hydrogens (tertiary/aromatic N) is 2. The number of allylic oxidation sites excluding steroid dienone is 2. The molecule has 1 N–H and O–H groups in total. The van der Waals surface area contributed by atoms with E-state index in [4.69, 9.17) is 4.74 Å². The van der Waals surface area contributed by atoms with E-state index < -0.39 is 0 Å². The molecule has 1 aliphatic heterocycles. The fourth-order valence-electron chi connectivity index (χ4n) is 2.14. The number of morpholine rings is 1. The summed E-state index contributed by atoms with van der Waals surface area (Å²) in [5.41, 5.74) is 0. The molecule has 0 spiro atoms. The van der Waals surface area contributed by atoms with Crippen LogP contribution in [0, 0.1) is 0 Å². The number of H-pyrrole nitrogens is 1. The Kier molecular flexibility index (Phi) is 3.52. The van der Waals surface area contributed by atoms with Crippen molar-refractivity contribution < 1.29 is 9.53 Å². The minimum absolute atomic E-state index is 0.0544. The highest BCUT2D eigenvalue weighted by atomic mass is 79.9. The van der Waals surface area contributed by atoms with E-state index in [0.29, 0.717) is 32.1 Å². The molecule has 0 saturated carbocycles. The van der Waals surface area contributed by atoms with Gasteiger partial charge in [-0.25, -0.2) is 4.98 Å².